The topological polar surface area (TPSA) is 155 Å². The van der Waals surface area contributed by atoms with E-state index in [1.165, 1.54) is 7.11 Å². The zero-order chi connectivity index (χ0) is 38.6. The number of carbonyl (C=O) groups excluding carboxylic acids is 3. The van der Waals surface area contributed by atoms with Gasteiger partial charge in [-0.25, -0.2) is 14.8 Å². The van der Waals surface area contributed by atoms with E-state index in [0.29, 0.717) is 39.4 Å². The van der Waals surface area contributed by atoms with Crippen molar-refractivity contribution >= 4 is 71.9 Å². The van der Waals surface area contributed by atoms with E-state index in [1.807, 2.05) is 16.7 Å². The van der Waals surface area contributed by atoms with Crippen LogP contribution in [0.5, 0.6) is 0 Å². The molecule has 6 heterocycles. The Morgan fingerprint density at radius 2 is 1.10 bits per heavy atom. The Hall–Kier alpha value is -3.61. The monoisotopic (exact) mass is 899 g/mol. The number of ether oxygens (including phenoxy) is 3. The van der Waals surface area contributed by atoms with Crippen molar-refractivity contribution < 1.29 is 28.6 Å². The first kappa shape index (κ1) is 49.0. The summed E-state index contributed by atoms with van der Waals surface area (Å²) in [5.74, 6) is 1.70. The number of hydrogen-bond acceptors (Lipinski definition) is 8. The lowest BCUT2D eigenvalue weighted by Gasteiger charge is -2.28. The highest BCUT2D eigenvalue weighted by Gasteiger charge is 2.38. The molecule has 0 radical (unpaired) electrons. The van der Waals surface area contributed by atoms with Crippen LogP contribution in [0.15, 0.2) is 48.5 Å². The lowest BCUT2D eigenvalue weighted by Crippen LogP contribution is -2.48. The van der Waals surface area contributed by atoms with Gasteiger partial charge in [-0.1, -0.05) is 61.9 Å². The molecule has 3 amide bonds. The van der Waals surface area contributed by atoms with Gasteiger partial charge in [-0.3, -0.25) is 9.59 Å². The normalized spacial score (nSPS) is 22.2. The molecular weight excluding hydrogens is 839 g/mol. The van der Waals surface area contributed by atoms with Gasteiger partial charge in [-0.05, 0) is 68.9 Å². The lowest BCUT2D eigenvalue weighted by atomic mass is 10.00. The molecule has 4 atom stereocenters. The number of fused-ring (bicyclic) bond motifs is 8. The summed E-state index contributed by atoms with van der Waals surface area (Å²) in [5.41, 5.74) is 7.63. The number of nitrogens with zero attached hydrogens (tertiary/aromatic N) is 4. The fraction of sp³-hybridized carbons (Fsp3) is 0.512. The fourth-order valence-corrected chi connectivity index (χ4v) is 8.75. The highest BCUT2D eigenvalue weighted by Crippen LogP contribution is 2.37. The maximum atomic E-state index is 13.8. The quantitative estimate of drug-likeness (QED) is 0.189. The molecule has 2 aromatic carbocycles. The number of hydrogen-bond donors (Lipinski definition) is 3. The van der Waals surface area contributed by atoms with E-state index in [0.717, 1.165) is 121 Å². The number of benzene rings is 2. The van der Waals surface area contributed by atoms with Crippen molar-refractivity contribution in [2.75, 3.05) is 33.4 Å². The summed E-state index contributed by atoms with van der Waals surface area (Å²) in [6.45, 7) is 5.44. The van der Waals surface area contributed by atoms with Crippen LogP contribution >= 0.6 is 54.0 Å². The molecular formula is C43H61N7O6S4. The van der Waals surface area contributed by atoms with E-state index in [2.05, 4.69) is 63.8 Å². The molecule has 0 spiro atoms. The summed E-state index contributed by atoms with van der Waals surface area (Å²) in [6.07, 6.45) is 7.73. The Kier molecular flexibility index (Phi) is 18.4. The number of methoxy groups -OCH3 is 1. The van der Waals surface area contributed by atoms with E-state index in [1.54, 1.807) is 0 Å². The third-order valence-electron chi connectivity index (χ3n) is 11.8. The van der Waals surface area contributed by atoms with Crippen molar-refractivity contribution in [2.24, 2.45) is 5.92 Å². The standard InChI is InChI=1S/C43H53N7O6.4H2S/c1-27-9-3-5-23-55-25-33-37(47-39(44-33)35-11-7-21-49(35)41(27)51)30-17-13-28(14-18-30)29-15-19-31(20-16-29)38-34-26-56-24-6-4-10-32(46-43(53)54-2)42(52)50-22-8-12-36(50)40(45-34)48-38;;;;/h13-20,27,32,35-36H,3-12,21-26H2,1-2H3,(H,44,47)(H,45,48)(H,46,53);4*1H2/t27-,32-,35-,36-;;;;/m0..../s1. The first-order chi connectivity index (χ1) is 27.4. The minimum absolute atomic E-state index is 0. The summed E-state index contributed by atoms with van der Waals surface area (Å²) in [7, 11) is 1.31. The summed E-state index contributed by atoms with van der Waals surface area (Å²) < 4.78 is 17.0. The van der Waals surface area contributed by atoms with E-state index >= 15 is 0 Å². The number of aromatic amines is 2. The SMILES string of the molecule is COC(=O)N[C@H]1CCCCOCc2[nH]c(nc2-c2ccc(-c3ccc(-c4nc5[nH]c4COCCCC[C@H](C)C(=O)N4CCC[C@@H]54)cc3)cc2)[C@@H]2CCCN2C1=O.S.S.S.S. The molecule has 328 valence electrons. The molecule has 2 fully saturated rings. The number of rotatable bonds is 4. The first-order valence-corrected chi connectivity index (χ1v) is 20.4. The van der Waals surface area contributed by atoms with E-state index in [-0.39, 0.29) is 83.8 Å². The molecule has 2 saturated heterocycles. The van der Waals surface area contributed by atoms with Crippen molar-refractivity contribution in [2.45, 2.75) is 102 Å². The number of imidazole rings is 2. The number of amides is 3. The number of carbonyl (C=O) groups is 3. The molecule has 13 nitrogen and oxygen atoms in total. The Balaban J connectivity index is 0.00000198. The molecule has 17 heteroatoms. The molecule has 4 bridgehead atoms. The molecule has 3 N–H and O–H groups in total. The third-order valence-corrected chi connectivity index (χ3v) is 11.8. The summed E-state index contributed by atoms with van der Waals surface area (Å²) in [6, 6.07) is 15.9. The van der Waals surface area contributed by atoms with Crippen LogP contribution in [0.3, 0.4) is 0 Å². The zero-order valence-corrected chi connectivity index (χ0v) is 38.5. The van der Waals surface area contributed by atoms with Crippen molar-refractivity contribution in [1.29, 1.82) is 0 Å². The van der Waals surface area contributed by atoms with E-state index < -0.39 is 12.1 Å². The van der Waals surface area contributed by atoms with Crippen molar-refractivity contribution in [3.05, 3.63) is 71.6 Å². The van der Waals surface area contributed by atoms with Crippen LogP contribution in [0.25, 0.3) is 33.6 Å². The van der Waals surface area contributed by atoms with Gasteiger partial charge in [-0.2, -0.15) is 54.0 Å². The van der Waals surface area contributed by atoms with Crippen molar-refractivity contribution in [1.82, 2.24) is 35.1 Å². The van der Waals surface area contributed by atoms with Crippen LogP contribution in [-0.2, 0) is 37.0 Å². The van der Waals surface area contributed by atoms with Gasteiger partial charge in [0, 0.05) is 43.3 Å². The Bertz CT molecular complexity index is 2030. The van der Waals surface area contributed by atoms with Gasteiger partial charge in [-0.15, -0.1) is 0 Å². The van der Waals surface area contributed by atoms with Gasteiger partial charge < -0.3 is 39.3 Å². The largest absolute Gasteiger partial charge is 0.453 e. The van der Waals surface area contributed by atoms with Gasteiger partial charge in [0.2, 0.25) is 11.8 Å². The van der Waals surface area contributed by atoms with Crippen molar-refractivity contribution in [3.8, 4) is 33.6 Å². The first-order valence-electron chi connectivity index (χ1n) is 20.4. The smallest absolute Gasteiger partial charge is 0.407 e. The van der Waals surface area contributed by atoms with Gasteiger partial charge in [0.05, 0.1) is 55.2 Å². The van der Waals surface area contributed by atoms with Crippen LogP contribution in [0.1, 0.15) is 106 Å². The lowest BCUT2D eigenvalue weighted by molar-refractivity contribution is -0.136. The molecule has 0 aliphatic carbocycles. The maximum Gasteiger partial charge on any atom is 0.407 e. The van der Waals surface area contributed by atoms with Crippen LogP contribution < -0.4 is 5.32 Å². The molecule has 2 aromatic heterocycles. The minimum atomic E-state index is -0.663. The molecule has 60 heavy (non-hydrogen) atoms. The van der Waals surface area contributed by atoms with Crippen LogP contribution in [0.4, 0.5) is 4.79 Å². The number of H-pyrrole nitrogens is 2. The molecule has 4 aliphatic rings. The Morgan fingerprint density at radius 3 is 1.58 bits per heavy atom. The van der Waals surface area contributed by atoms with Crippen LogP contribution in [0.2, 0.25) is 0 Å². The Labute approximate surface area is 380 Å². The number of alkyl carbamates (subject to hydrolysis) is 1. The van der Waals surface area contributed by atoms with E-state index in [9.17, 15) is 14.4 Å². The molecule has 0 unspecified atom stereocenters. The van der Waals surface area contributed by atoms with Crippen molar-refractivity contribution in [3.63, 3.8) is 0 Å². The fourth-order valence-electron chi connectivity index (χ4n) is 8.75. The maximum absolute atomic E-state index is 13.8. The van der Waals surface area contributed by atoms with Crippen LogP contribution in [-0.4, -0.2) is 87.1 Å². The molecule has 4 aromatic rings. The predicted octanol–water partition coefficient (Wildman–Crippen LogP) is 7.67. The second-order valence-electron chi connectivity index (χ2n) is 15.6. The Morgan fingerprint density at radius 1 is 0.650 bits per heavy atom. The molecule has 4 aliphatic heterocycles. The predicted molar refractivity (Wildman–Crippen MR) is 251 cm³/mol. The molecule has 8 rings (SSSR count). The average Bonchev–Trinajstić information content (AvgIpc) is 4.05. The summed E-state index contributed by atoms with van der Waals surface area (Å²) in [5, 5.41) is 2.75. The van der Waals surface area contributed by atoms with Gasteiger partial charge >= 0.3 is 6.09 Å². The third kappa shape index (κ3) is 10.7. The summed E-state index contributed by atoms with van der Waals surface area (Å²) >= 11 is 0. The average molecular weight is 900 g/mol. The highest BCUT2D eigenvalue weighted by molar-refractivity contribution is 7.59. The zero-order valence-electron chi connectivity index (χ0n) is 34.5. The number of nitrogens with one attached hydrogen (secondary N) is 3. The van der Waals surface area contributed by atoms with Crippen LogP contribution in [0, 0.1) is 5.92 Å². The van der Waals surface area contributed by atoms with Gasteiger partial charge in [0.25, 0.3) is 0 Å². The second-order valence-corrected chi connectivity index (χ2v) is 15.6. The minimum Gasteiger partial charge on any atom is -0.453 e. The van der Waals surface area contributed by atoms with Gasteiger partial charge in [0.15, 0.2) is 0 Å². The second kappa shape index (κ2) is 22.5. The summed E-state index contributed by atoms with van der Waals surface area (Å²) in [4.78, 5) is 60.5. The highest BCUT2D eigenvalue weighted by atomic mass is 32.1. The molecule has 0 saturated carbocycles. The van der Waals surface area contributed by atoms with Gasteiger partial charge in [0.1, 0.15) is 17.7 Å². The van der Waals surface area contributed by atoms with E-state index in [4.69, 9.17) is 24.2 Å². The number of aromatic nitrogens is 4.